The first-order valence-corrected chi connectivity index (χ1v) is 6.69. The van der Waals surface area contributed by atoms with Crippen LogP contribution in [0.15, 0.2) is 24.3 Å². The van der Waals surface area contributed by atoms with Crippen LogP contribution >= 0.6 is 0 Å². The lowest BCUT2D eigenvalue weighted by atomic mass is 9.98. The molecule has 1 N–H and O–H groups in total. The Morgan fingerprint density at radius 3 is 2.67 bits per heavy atom. The number of carbonyl (C=O) groups is 1. The number of nitrogens with one attached hydrogen (secondary N) is 1. The van der Waals surface area contributed by atoms with Gasteiger partial charge in [0, 0.05) is 24.7 Å². The predicted octanol–water partition coefficient (Wildman–Crippen LogP) is 2.21. The Bertz CT molecular complexity index is 428. The van der Waals surface area contributed by atoms with Crippen LogP contribution in [0.2, 0.25) is 0 Å². The number of carbonyl (C=O) groups excluding carboxylic acids is 1. The molecule has 0 aromatic heterocycles. The molecule has 98 valence electrons. The molecule has 1 aromatic rings. The van der Waals surface area contributed by atoms with Gasteiger partial charge >= 0.3 is 0 Å². The molecule has 1 heterocycles. The summed E-state index contributed by atoms with van der Waals surface area (Å²) < 4.78 is 0. The number of nitrogens with zero attached hydrogens (tertiary/aromatic N) is 1. The van der Waals surface area contributed by atoms with Crippen molar-refractivity contribution < 1.29 is 4.79 Å². The molecule has 1 atom stereocenters. The summed E-state index contributed by atoms with van der Waals surface area (Å²) in [5.41, 5.74) is 2.38. The van der Waals surface area contributed by atoms with Crippen LogP contribution in [-0.4, -0.2) is 25.5 Å². The van der Waals surface area contributed by atoms with E-state index in [0.29, 0.717) is 18.4 Å². The zero-order valence-electron chi connectivity index (χ0n) is 11.4. The highest BCUT2D eigenvalue weighted by Crippen LogP contribution is 2.27. The summed E-state index contributed by atoms with van der Waals surface area (Å²) in [4.78, 5) is 14.1. The number of hydrogen-bond donors (Lipinski definition) is 1. The molecular formula is C15H22N2O. The summed E-state index contributed by atoms with van der Waals surface area (Å²) in [6, 6.07) is 8.57. The van der Waals surface area contributed by atoms with Gasteiger partial charge in [0.25, 0.3) is 0 Å². The van der Waals surface area contributed by atoms with Crippen molar-refractivity contribution in [3.8, 4) is 0 Å². The Balaban J connectivity index is 2.24. The Hall–Kier alpha value is -1.35. The van der Waals surface area contributed by atoms with Crippen molar-refractivity contribution in [1.29, 1.82) is 0 Å². The maximum atomic E-state index is 12.1. The standard InChI is InChI=1S/C15H22N2O/c1-11(2)13(16-3)10-17-14-7-5-4-6-12(14)8-9-15(17)18/h4-7,11,13,16H,8-10H2,1-3H3. The maximum absolute atomic E-state index is 12.1. The molecular weight excluding hydrogens is 224 g/mol. The molecule has 0 aliphatic carbocycles. The maximum Gasteiger partial charge on any atom is 0.227 e. The highest BCUT2D eigenvalue weighted by molar-refractivity contribution is 5.96. The van der Waals surface area contributed by atoms with Gasteiger partial charge < -0.3 is 10.2 Å². The molecule has 0 radical (unpaired) electrons. The zero-order valence-corrected chi connectivity index (χ0v) is 11.4. The van der Waals surface area contributed by atoms with Gasteiger partial charge in [-0.15, -0.1) is 0 Å². The number of benzene rings is 1. The highest BCUT2D eigenvalue weighted by Gasteiger charge is 2.26. The first kappa shape index (κ1) is 13.1. The third-order valence-corrected chi connectivity index (χ3v) is 3.75. The van der Waals surface area contributed by atoms with Gasteiger partial charge in [0.1, 0.15) is 0 Å². The van der Waals surface area contributed by atoms with Crippen molar-refractivity contribution in [3.63, 3.8) is 0 Å². The number of amides is 1. The van der Waals surface area contributed by atoms with Gasteiger partial charge in [0.15, 0.2) is 0 Å². The Morgan fingerprint density at radius 1 is 1.28 bits per heavy atom. The van der Waals surface area contributed by atoms with Crippen LogP contribution in [0.25, 0.3) is 0 Å². The summed E-state index contributed by atoms with van der Waals surface area (Å²) in [5.74, 6) is 0.756. The molecule has 1 unspecified atom stereocenters. The van der Waals surface area contributed by atoms with Crippen molar-refractivity contribution in [1.82, 2.24) is 5.32 Å². The fourth-order valence-corrected chi connectivity index (χ4v) is 2.53. The average molecular weight is 246 g/mol. The fourth-order valence-electron chi connectivity index (χ4n) is 2.53. The smallest absolute Gasteiger partial charge is 0.227 e. The number of para-hydroxylation sites is 1. The highest BCUT2D eigenvalue weighted by atomic mass is 16.2. The first-order chi connectivity index (χ1) is 8.63. The van der Waals surface area contributed by atoms with E-state index in [0.717, 1.165) is 18.7 Å². The number of fused-ring (bicyclic) bond motifs is 1. The Morgan fingerprint density at radius 2 is 2.00 bits per heavy atom. The molecule has 18 heavy (non-hydrogen) atoms. The summed E-state index contributed by atoms with van der Waals surface area (Å²) in [6.07, 6.45) is 1.50. The lowest BCUT2D eigenvalue weighted by Gasteiger charge is -2.33. The number of anilines is 1. The summed E-state index contributed by atoms with van der Waals surface area (Å²) in [7, 11) is 1.96. The second kappa shape index (κ2) is 5.53. The van der Waals surface area contributed by atoms with E-state index in [1.165, 1.54) is 5.56 Å². The lowest BCUT2D eigenvalue weighted by molar-refractivity contribution is -0.119. The SMILES string of the molecule is CNC(CN1C(=O)CCc2ccccc21)C(C)C. The summed E-state index contributed by atoms with van der Waals surface area (Å²) >= 11 is 0. The van der Waals surface area contributed by atoms with Crippen LogP contribution in [0, 0.1) is 5.92 Å². The van der Waals surface area contributed by atoms with Crippen molar-refractivity contribution in [2.45, 2.75) is 32.7 Å². The van der Waals surface area contributed by atoms with Gasteiger partial charge in [-0.1, -0.05) is 32.0 Å². The normalized spacial score (nSPS) is 16.9. The lowest BCUT2D eigenvalue weighted by Crippen LogP contribution is -2.46. The van der Waals surface area contributed by atoms with Gasteiger partial charge in [0.05, 0.1) is 0 Å². The molecule has 3 heteroatoms. The third-order valence-electron chi connectivity index (χ3n) is 3.75. The van der Waals surface area contributed by atoms with E-state index < -0.39 is 0 Å². The van der Waals surface area contributed by atoms with Crippen LogP contribution in [0.5, 0.6) is 0 Å². The minimum absolute atomic E-state index is 0.245. The van der Waals surface area contributed by atoms with Crippen molar-refractivity contribution in [2.24, 2.45) is 5.92 Å². The van der Waals surface area contributed by atoms with Crippen LogP contribution in [0.1, 0.15) is 25.8 Å². The quantitative estimate of drug-likeness (QED) is 0.883. The molecule has 1 amide bonds. The predicted molar refractivity (Wildman–Crippen MR) is 74.8 cm³/mol. The molecule has 2 rings (SSSR count). The largest absolute Gasteiger partial charge is 0.315 e. The molecule has 0 bridgehead atoms. The first-order valence-electron chi connectivity index (χ1n) is 6.69. The van der Waals surface area contributed by atoms with E-state index in [2.05, 4.69) is 31.3 Å². The van der Waals surface area contributed by atoms with Gasteiger partial charge in [-0.2, -0.15) is 0 Å². The molecule has 1 aliphatic rings. The van der Waals surface area contributed by atoms with Gasteiger partial charge in [0.2, 0.25) is 5.91 Å². The second-order valence-electron chi connectivity index (χ2n) is 5.27. The van der Waals surface area contributed by atoms with E-state index in [-0.39, 0.29) is 5.91 Å². The second-order valence-corrected chi connectivity index (χ2v) is 5.27. The Kier molecular flexibility index (Phi) is 4.02. The number of likely N-dealkylation sites (N-methyl/N-ethyl adjacent to an activating group) is 1. The van der Waals surface area contributed by atoms with E-state index in [1.807, 2.05) is 24.1 Å². The van der Waals surface area contributed by atoms with E-state index in [1.54, 1.807) is 0 Å². The molecule has 1 aliphatic heterocycles. The number of hydrogen-bond acceptors (Lipinski definition) is 2. The van der Waals surface area contributed by atoms with Crippen LogP contribution in [0.4, 0.5) is 5.69 Å². The van der Waals surface area contributed by atoms with Gasteiger partial charge in [-0.3, -0.25) is 4.79 Å². The molecule has 0 spiro atoms. The number of rotatable bonds is 4. The van der Waals surface area contributed by atoms with Crippen molar-refractivity contribution in [3.05, 3.63) is 29.8 Å². The minimum Gasteiger partial charge on any atom is -0.315 e. The van der Waals surface area contributed by atoms with Crippen LogP contribution in [-0.2, 0) is 11.2 Å². The summed E-state index contributed by atoms with van der Waals surface area (Å²) in [6.45, 7) is 5.12. The minimum atomic E-state index is 0.245. The molecule has 1 aromatic carbocycles. The van der Waals surface area contributed by atoms with E-state index >= 15 is 0 Å². The van der Waals surface area contributed by atoms with Gasteiger partial charge in [-0.25, -0.2) is 0 Å². The van der Waals surface area contributed by atoms with Crippen LogP contribution in [0.3, 0.4) is 0 Å². The third kappa shape index (κ3) is 2.56. The fraction of sp³-hybridized carbons (Fsp3) is 0.533. The summed E-state index contributed by atoms with van der Waals surface area (Å²) in [5, 5.41) is 3.31. The molecule has 0 saturated carbocycles. The molecule has 0 saturated heterocycles. The van der Waals surface area contributed by atoms with E-state index in [4.69, 9.17) is 0 Å². The van der Waals surface area contributed by atoms with Crippen LogP contribution < -0.4 is 10.2 Å². The monoisotopic (exact) mass is 246 g/mol. The topological polar surface area (TPSA) is 32.3 Å². The molecule has 3 nitrogen and oxygen atoms in total. The van der Waals surface area contributed by atoms with Gasteiger partial charge in [-0.05, 0) is 31.0 Å². The number of aryl methyl sites for hydroxylation is 1. The Labute approximate surface area is 109 Å². The van der Waals surface area contributed by atoms with E-state index in [9.17, 15) is 4.79 Å². The van der Waals surface area contributed by atoms with Crippen molar-refractivity contribution in [2.75, 3.05) is 18.5 Å². The van der Waals surface area contributed by atoms with Crippen molar-refractivity contribution >= 4 is 11.6 Å². The zero-order chi connectivity index (χ0) is 13.1. The molecule has 0 fully saturated rings. The average Bonchev–Trinajstić information content (AvgIpc) is 2.37.